The number of hydrogen-bond acceptors (Lipinski definition) is 6. The lowest BCUT2D eigenvalue weighted by atomic mass is 10.3. The number of ether oxygens (including phenoxy) is 1. The van der Waals surface area contributed by atoms with Gasteiger partial charge in [0.15, 0.2) is 5.69 Å². The van der Waals surface area contributed by atoms with Gasteiger partial charge in [-0.2, -0.15) is 0 Å². The van der Waals surface area contributed by atoms with Crippen LogP contribution in [-0.2, 0) is 22.6 Å². The van der Waals surface area contributed by atoms with Crippen LogP contribution in [-0.4, -0.2) is 51.5 Å². The summed E-state index contributed by atoms with van der Waals surface area (Å²) in [7, 11) is 1.77. The van der Waals surface area contributed by atoms with E-state index in [2.05, 4.69) is 10.3 Å². The third-order valence-electron chi connectivity index (χ3n) is 3.27. The summed E-state index contributed by atoms with van der Waals surface area (Å²) in [4.78, 5) is 25.4. The van der Waals surface area contributed by atoms with Crippen molar-refractivity contribution in [1.29, 1.82) is 0 Å². The number of amides is 1. The summed E-state index contributed by atoms with van der Waals surface area (Å²) in [6.07, 6.45) is 2.08. The van der Waals surface area contributed by atoms with Gasteiger partial charge >= 0.3 is 5.97 Å². The van der Waals surface area contributed by atoms with E-state index in [4.69, 9.17) is 10.5 Å². The second-order valence-electron chi connectivity index (χ2n) is 4.70. The van der Waals surface area contributed by atoms with Crippen molar-refractivity contribution < 1.29 is 14.3 Å². The number of carbonyl (C=O) groups excluding carboxylic acids is 2. The molecule has 1 aromatic heterocycles. The Labute approximate surface area is 116 Å². The summed E-state index contributed by atoms with van der Waals surface area (Å²) >= 11 is 0. The third kappa shape index (κ3) is 2.96. The van der Waals surface area contributed by atoms with Gasteiger partial charge in [-0.15, -0.1) is 5.10 Å². The summed E-state index contributed by atoms with van der Waals surface area (Å²) < 4.78 is 6.25. The van der Waals surface area contributed by atoms with Crippen molar-refractivity contribution in [3.05, 3.63) is 11.4 Å². The Morgan fingerprint density at radius 1 is 1.50 bits per heavy atom. The van der Waals surface area contributed by atoms with E-state index in [-0.39, 0.29) is 31.3 Å². The van der Waals surface area contributed by atoms with Crippen LogP contribution in [0.5, 0.6) is 0 Å². The molecule has 1 aliphatic carbocycles. The van der Waals surface area contributed by atoms with E-state index < -0.39 is 5.97 Å². The molecule has 2 rings (SSSR count). The molecule has 8 heteroatoms. The summed E-state index contributed by atoms with van der Waals surface area (Å²) in [5.41, 5.74) is 6.12. The first-order valence-corrected chi connectivity index (χ1v) is 6.63. The maximum Gasteiger partial charge on any atom is 0.360 e. The third-order valence-corrected chi connectivity index (χ3v) is 3.27. The van der Waals surface area contributed by atoms with Crippen LogP contribution in [0.15, 0.2) is 0 Å². The molecule has 0 atom stereocenters. The summed E-state index contributed by atoms with van der Waals surface area (Å²) in [5, 5.41) is 7.60. The molecule has 0 radical (unpaired) electrons. The number of carbonyl (C=O) groups is 2. The molecular formula is C12H19N5O3. The first-order valence-electron chi connectivity index (χ1n) is 6.63. The van der Waals surface area contributed by atoms with Crippen LogP contribution in [0.1, 0.15) is 35.9 Å². The molecule has 2 N–H and O–H groups in total. The lowest BCUT2D eigenvalue weighted by molar-refractivity contribution is -0.131. The molecule has 1 fully saturated rings. The minimum atomic E-state index is -0.567. The Bertz CT molecular complexity index is 509. The number of esters is 1. The average Bonchev–Trinajstić information content (AvgIpc) is 3.19. The average molecular weight is 281 g/mol. The Hall–Kier alpha value is -1.96. The van der Waals surface area contributed by atoms with Gasteiger partial charge in [0.25, 0.3) is 0 Å². The van der Waals surface area contributed by atoms with Crippen LogP contribution in [0.2, 0.25) is 0 Å². The van der Waals surface area contributed by atoms with Crippen LogP contribution in [0.4, 0.5) is 0 Å². The summed E-state index contributed by atoms with van der Waals surface area (Å²) in [6.45, 7) is 2.06. The van der Waals surface area contributed by atoms with Gasteiger partial charge in [0.1, 0.15) is 6.54 Å². The van der Waals surface area contributed by atoms with E-state index in [0.717, 1.165) is 12.8 Å². The van der Waals surface area contributed by atoms with Crippen molar-refractivity contribution in [3.8, 4) is 0 Å². The van der Waals surface area contributed by atoms with Crippen molar-refractivity contribution in [3.63, 3.8) is 0 Å². The van der Waals surface area contributed by atoms with E-state index in [9.17, 15) is 9.59 Å². The minimum absolute atomic E-state index is 0.0337. The predicted octanol–water partition coefficient (Wildman–Crippen LogP) is -0.466. The number of aromatic nitrogens is 3. The Balaban J connectivity index is 2.11. The largest absolute Gasteiger partial charge is 0.461 e. The number of likely N-dealkylation sites (N-methyl/N-ethyl adjacent to an activating group) is 1. The fraction of sp³-hybridized carbons (Fsp3) is 0.667. The van der Waals surface area contributed by atoms with Crippen LogP contribution in [0.3, 0.4) is 0 Å². The maximum absolute atomic E-state index is 12.0. The van der Waals surface area contributed by atoms with E-state index in [1.807, 2.05) is 0 Å². The molecule has 1 saturated carbocycles. The Morgan fingerprint density at radius 2 is 2.20 bits per heavy atom. The van der Waals surface area contributed by atoms with E-state index in [1.54, 1.807) is 18.9 Å². The molecule has 0 aromatic carbocycles. The molecule has 0 unspecified atom stereocenters. The summed E-state index contributed by atoms with van der Waals surface area (Å²) in [5.74, 6) is -0.635. The van der Waals surface area contributed by atoms with Crippen molar-refractivity contribution in [2.24, 2.45) is 5.73 Å². The second kappa shape index (κ2) is 6.00. The van der Waals surface area contributed by atoms with Gasteiger partial charge in [0, 0.05) is 19.6 Å². The number of rotatable bonds is 6. The molecule has 0 saturated heterocycles. The lowest BCUT2D eigenvalue weighted by Crippen LogP contribution is -2.33. The normalized spacial score (nSPS) is 14.2. The Morgan fingerprint density at radius 3 is 2.75 bits per heavy atom. The van der Waals surface area contributed by atoms with Gasteiger partial charge in [0.2, 0.25) is 5.91 Å². The van der Waals surface area contributed by atoms with E-state index in [1.165, 1.54) is 4.68 Å². The zero-order valence-electron chi connectivity index (χ0n) is 11.7. The molecule has 8 nitrogen and oxygen atoms in total. The standard InChI is InChI=1S/C12H19N5O3/c1-3-20-12(19)11-9(6-13)17(15-14-11)7-10(18)16(2)8-4-5-8/h8H,3-7,13H2,1-2H3. The van der Waals surface area contributed by atoms with Gasteiger partial charge in [0.05, 0.1) is 12.3 Å². The number of hydrogen-bond donors (Lipinski definition) is 1. The highest BCUT2D eigenvalue weighted by molar-refractivity contribution is 5.88. The molecule has 0 spiro atoms. The quantitative estimate of drug-likeness (QED) is 0.707. The highest BCUT2D eigenvalue weighted by Gasteiger charge is 2.30. The monoisotopic (exact) mass is 281 g/mol. The van der Waals surface area contributed by atoms with Crippen LogP contribution in [0, 0.1) is 0 Å². The number of nitrogens with two attached hydrogens (primary N) is 1. The van der Waals surface area contributed by atoms with Gasteiger partial charge in [-0.3, -0.25) is 4.79 Å². The molecule has 1 aromatic rings. The van der Waals surface area contributed by atoms with Gasteiger partial charge in [-0.25, -0.2) is 9.48 Å². The van der Waals surface area contributed by atoms with Crippen LogP contribution in [0.25, 0.3) is 0 Å². The molecule has 1 heterocycles. The topological polar surface area (TPSA) is 103 Å². The van der Waals surface area contributed by atoms with Crippen molar-refractivity contribution in [1.82, 2.24) is 19.9 Å². The smallest absolute Gasteiger partial charge is 0.360 e. The highest BCUT2D eigenvalue weighted by Crippen LogP contribution is 2.25. The lowest BCUT2D eigenvalue weighted by Gasteiger charge is -2.16. The molecule has 0 aliphatic heterocycles. The molecule has 1 aliphatic rings. The maximum atomic E-state index is 12.0. The first-order chi connectivity index (χ1) is 9.58. The predicted molar refractivity (Wildman–Crippen MR) is 69.7 cm³/mol. The SMILES string of the molecule is CCOC(=O)c1nnn(CC(=O)N(C)C2CC2)c1CN. The van der Waals surface area contributed by atoms with Gasteiger partial charge in [-0.1, -0.05) is 5.21 Å². The van der Waals surface area contributed by atoms with Crippen molar-refractivity contribution in [2.45, 2.75) is 38.9 Å². The van der Waals surface area contributed by atoms with Crippen molar-refractivity contribution >= 4 is 11.9 Å². The molecule has 20 heavy (non-hydrogen) atoms. The van der Waals surface area contributed by atoms with Gasteiger partial charge in [-0.05, 0) is 19.8 Å². The van der Waals surface area contributed by atoms with Gasteiger partial charge < -0.3 is 15.4 Å². The van der Waals surface area contributed by atoms with Crippen LogP contribution >= 0.6 is 0 Å². The minimum Gasteiger partial charge on any atom is -0.461 e. The molecule has 0 bridgehead atoms. The Kier molecular flexibility index (Phi) is 4.33. The molecule has 110 valence electrons. The summed E-state index contributed by atoms with van der Waals surface area (Å²) in [6, 6.07) is 0.330. The van der Waals surface area contributed by atoms with E-state index >= 15 is 0 Å². The van der Waals surface area contributed by atoms with Crippen molar-refractivity contribution in [2.75, 3.05) is 13.7 Å². The zero-order chi connectivity index (χ0) is 14.7. The van der Waals surface area contributed by atoms with Crippen LogP contribution < -0.4 is 5.73 Å². The number of nitrogens with zero attached hydrogens (tertiary/aromatic N) is 4. The van der Waals surface area contributed by atoms with E-state index in [0.29, 0.717) is 11.7 Å². The zero-order valence-corrected chi connectivity index (χ0v) is 11.7. The first kappa shape index (κ1) is 14.4. The molecule has 1 amide bonds. The fourth-order valence-electron chi connectivity index (χ4n) is 1.92. The molecular weight excluding hydrogens is 262 g/mol. The fourth-order valence-corrected chi connectivity index (χ4v) is 1.92. The highest BCUT2D eigenvalue weighted by atomic mass is 16.5. The second-order valence-corrected chi connectivity index (χ2v) is 4.70.